The van der Waals surface area contributed by atoms with E-state index in [1.165, 1.54) is 6.07 Å². The lowest BCUT2D eigenvalue weighted by molar-refractivity contribution is -0.119. The summed E-state index contributed by atoms with van der Waals surface area (Å²) >= 11 is 0. The molecular weight excluding hydrogens is 249 g/mol. The van der Waals surface area contributed by atoms with E-state index in [-0.39, 0.29) is 18.3 Å². The molecule has 5 nitrogen and oxygen atoms in total. The number of rotatable bonds is 7. The van der Waals surface area contributed by atoms with Gasteiger partial charge in [0.1, 0.15) is 5.82 Å². The predicted octanol–water partition coefficient (Wildman–Crippen LogP) is 0.483. The van der Waals surface area contributed by atoms with Gasteiger partial charge in [-0.15, -0.1) is 0 Å². The van der Waals surface area contributed by atoms with E-state index >= 15 is 0 Å². The van der Waals surface area contributed by atoms with Gasteiger partial charge in [0.15, 0.2) is 0 Å². The number of nitrogens with two attached hydrogens (primary N) is 1. The Morgan fingerprint density at radius 2 is 2.26 bits per heavy atom. The number of carbonyl (C=O) groups excluding carboxylic acids is 1. The number of ether oxygens (including phenoxy) is 1. The molecule has 0 fully saturated rings. The van der Waals surface area contributed by atoms with E-state index in [1.54, 1.807) is 31.2 Å². The highest BCUT2D eigenvalue weighted by Crippen LogP contribution is 2.18. The zero-order valence-corrected chi connectivity index (χ0v) is 11.3. The molecule has 3 N–H and O–H groups in total. The van der Waals surface area contributed by atoms with Gasteiger partial charge < -0.3 is 20.7 Å². The summed E-state index contributed by atoms with van der Waals surface area (Å²) in [6, 6.07) is 4.76. The molecule has 6 heteroatoms. The highest BCUT2D eigenvalue weighted by Gasteiger charge is 2.11. The smallest absolute Gasteiger partial charge is 0.239 e. The maximum Gasteiger partial charge on any atom is 0.239 e. The first kappa shape index (κ1) is 15.4. The number of nitrogens with one attached hydrogen (secondary N) is 1. The fourth-order valence-electron chi connectivity index (χ4n) is 1.64. The van der Waals surface area contributed by atoms with E-state index in [9.17, 15) is 9.18 Å². The van der Waals surface area contributed by atoms with Gasteiger partial charge in [-0.1, -0.05) is 6.07 Å². The summed E-state index contributed by atoms with van der Waals surface area (Å²) in [5.74, 6) is -0.558. The van der Waals surface area contributed by atoms with E-state index in [4.69, 9.17) is 10.5 Å². The predicted molar refractivity (Wildman–Crippen MR) is 72.4 cm³/mol. The Morgan fingerprint density at radius 3 is 2.84 bits per heavy atom. The number of benzene rings is 1. The third kappa shape index (κ3) is 4.84. The number of carbonyl (C=O) groups is 1. The number of amides is 1. The van der Waals surface area contributed by atoms with Crippen LogP contribution in [0.3, 0.4) is 0 Å². The normalized spacial score (nSPS) is 10.3. The third-order valence-electron chi connectivity index (χ3n) is 2.67. The number of halogens is 1. The van der Waals surface area contributed by atoms with Crippen molar-refractivity contribution in [1.82, 2.24) is 5.32 Å². The molecule has 0 atom stereocenters. The average molecular weight is 269 g/mol. The number of hydrogen-bond donors (Lipinski definition) is 2. The molecule has 106 valence electrons. The number of hydrogen-bond acceptors (Lipinski definition) is 4. The average Bonchev–Trinajstić information content (AvgIpc) is 2.38. The van der Waals surface area contributed by atoms with Crippen LogP contribution in [0.25, 0.3) is 0 Å². The lowest BCUT2D eigenvalue weighted by Gasteiger charge is -2.19. The third-order valence-corrected chi connectivity index (χ3v) is 2.67. The maximum absolute atomic E-state index is 13.8. The number of methoxy groups -OCH3 is 1. The highest BCUT2D eigenvalue weighted by molar-refractivity contribution is 5.81. The van der Waals surface area contributed by atoms with Crippen molar-refractivity contribution in [2.24, 2.45) is 5.73 Å². The first-order valence-electron chi connectivity index (χ1n) is 6.03. The minimum Gasteiger partial charge on any atom is -0.383 e. The lowest BCUT2D eigenvalue weighted by Crippen LogP contribution is -2.37. The Labute approximate surface area is 112 Å². The fourth-order valence-corrected chi connectivity index (χ4v) is 1.64. The van der Waals surface area contributed by atoms with Crippen LogP contribution in [0.15, 0.2) is 18.2 Å². The van der Waals surface area contributed by atoms with Crippen molar-refractivity contribution in [2.75, 3.05) is 38.8 Å². The Hall–Kier alpha value is -1.66. The summed E-state index contributed by atoms with van der Waals surface area (Å²) in [6.07, 6.45) is 0. The first-order valence-corrected chi connectivity index (χ1v) is 6.03. The topological polar surface area (TPSA) is 67.6 Å². The van der Waals surface area contributed by atoms with Gasteiger partial charge in [-0.25, -0.2) is 4.39 Å². The largest absolute Gasteiger partial charge is 0.383 e. The molecule has 0 spiro atoms. The number of likely N-dealkylation sites (N-methyl/N-ethyl adjacent to an activating group) is 1. The summed E-state index contributed by atoms with van der Waals surface area (Å²) in [4.78, 5) is 13.1. The molecule has 0 saturated carbocycles. The minimum atomic E-state index is -0.379. The van der Waals surface area contributed by atoms with E-state index in [0.29, 0.717) is 25.4 Å². The monoisotopic (exact) mass is 269 g/mol. The molecule has 1 aromatic carbocycles. The summed E-state index contributed by atoms with van der Waals surface area (Å²) in [7, 11) is 3.23. The van der Waals surface area contributed by atoms with Gasteiger partial charge in [0.2, 0.25) is 5.91 Å². The molecule has 0 bridgehead atoms. The Morgan fingerprint density at radius 1 is 1.53 bits per heavy atom. The van der Waals surface area contributed by atoms with Crippen molar-refractivity contribution in [1.29, 1.82) is 0 Å². The molecular formula is C13H20FN3O2. The van der Waals surface area contributed by atoms with Gasteiger partial charge in [0.25, 0.3) is 0 Å². The molecule has 1 amide bonds. The van der Waals surface area contributed by atoms with Crippen molar-refractivity contribution in [2.45, 2.75) is 6.54 Å². The van der Waals surface area contributed by atoms with Gasteiger partial charge in [-0.05, 0) is 17.7 Å². The van der Waals surface area contributed by atoms with Crippen LogP contribution < -0.4 is 16.0 Å². The van der Waals surface area contributed by atoms with Crippen LogP contribution in [-0.2, 0) is 16.1 Å². The van der Waals surface area contributed by atoms with Gasteiger partial charge in [0.05, 0.1) is 18.8 Å². The maximum atomic E-state index is 13.8. The van der Waals surface area contributed by atoms with Crippen LogP contribution in [0.1, 0.15) is 5.56 Å². The van der Waals surface area contributed by atoms with Crippen molar-refractivity contribution in [3.8, 4) is 0 Å². The van der Waals surface area contributed by atoms with Gasteiger partial charge >= 0.3 is 0 Å². The van der Waals surface area contributed by atoms with Crippen LogP contribution in [0.5, 0.6) is 0 Å². The number of nitrogens with zero attached hydrogens (tertiary/aromatic N) is 1. The molecule has 1 aromatic rings. The first-order chi connectivity index (χ1) is 9.08. The van der Waals surface area contributed by atoms with Gasteiger partial charge in [-0.3, -0.25) is 4.79 Å². The standard InChI is InChI=1S/C13H20FN3O2/c1-17(9-13(18)16-5-6-19-2)12-4-3-10(8-15)7-11(12)14/h3-4,7H,5-6,8-9,15H2,1-2H3,(H,16,18). The van der Waals surface area contributed by atoms with Crippen molar-refractivity contribution >= 4 is 11.6 Å². The molecule has 0 aliphatic carbocycles. The molecule has 0 unspecified atom stereocenters. The Balaban J connectivity index is 2.57. The van der Waals surface area contributed by atoms with Crippen molar-refractivity contribution in [3.05, 3.63) is 29.6 Å². The van der Waals surface area contributed by atoms with Gasteiger partial charge in [-0.2, -0.15) is 0 Å². The molecule has 1 rings (SSSR count). The van der Waals surface area contributed by atoms with Gasteiger partial charge in [0, 0.05) is 27.2 Å². The number of anilines is 1. The van der Waals surface area contributed by atoms with Crippen LogP contribution in [0, 0.1) is 5.82 Å². The van der Waals surface area contributed by atoms with E-state index < -0.39 is 0 Å². The van der Waals surface area contributed by atoms with Crippen LogP contribution in [0.2, 0.25) is 0 Å². The molecule has 0 saturated heterocycles. The van der Waals surface area contributed by atoms with E-state index in [1.807, 2.05) is 0 Å². The highest BCUT2D eigenvalue weighted by atomic mass is 19.1. The van der Waals surface area contributed by atoms with Crippen LogP contribution in [0.4, 0.5) is 10.1 Å². The molecule has 19 heavy (non-hydrogen) atoms. The second kappa shape index (κ2) is 7.70. The van der Waals surface area contributed by atoms with Crippen molar-refractivity contribution < 1.29 is 13.9 Å². The fraction of sp³-hybridized carbons (Fsp3) is 0.462. The summed E-state index contributed by atoms with van der Waals surface area (Å²) in [5, 5.41) is 2.68. The zero-order chi connectivity index (χ0) is 14.3. The van der Waals surface area contributed by atoms with Crippen molar-refractivity contribution in [3.63, 3.8) is 0 Å². The SMILES string of the molecule is COCCNC(=O)CN(C)c1ccc(CN)cc1F. The quantitative estimate of drug-likeness (QED) is 0.707. The summed E-state index contributed by atoms with van der Waals surface area (Å²) < 4.78 is 18.6. The minimum absolute atomic E-state index is 0.0859. The van der Waals surface area contributed by atoms with E-state index in [0.717, 1.165) is 5.56 Å². The lowest BCUT2D eigenvalue weighted by atomic mass is 10.2. The Kier molecular flexibility index (Phi) is 6.24. The zero-order valence-electron chi connectivity index (χ0n) is 11.3. The molecule has 0 aromatic heterocycles. The summed E-state index contributed by atoms with van der Waals surface area (Å²) in [6.45, 7) is 1.27. The van der Waals surface area contributed by atoms with Crippen LogP contribution >= 0.6 is 0 Å². The molecule has 0 radical (unpaired) electrons. The van der Waals surface area contributed by atoms with Crippen LogP contribution in [-0.4, -0.2) is 39.8 Å². The molecule has 0 heterocycles. The molecule has 0 aliphatic heterocycles. The second-order valence-corrected chi connectivity index (χ2v) is 4.19. The Bertz CT molecular complexity index is 426. The molecule has 0 aliphatic rings. The second-order valence-electron chi connectivity index (χ2n) is 4.19. The summed E-state index contributed by atoms with van der Waals surface area (Å²) in [5.41, 5.74) is 6.53. The van der Waals surface area contributed by atoms with E-state index in [2.05, 4.69) is 5.32 Å².